The first-order chi connectivity index (χ1) is 9.56. The van der Waals surface area contributed by atoms with Crippen LogP contribution in [0.25, 0.3) is 0 Å². The van der Waals surface area contributed by atoms with Crippen molar-refractivity contribution in [2.75, 3.05) is 20.2 Å². The van der Waals surface area contributed by atoms with Crippen molar-refractivity contribution in [2.45, 2.75) is 13.3 Å². The van der Waals surface area contributed by atoms with Crippen molar-refractivity contribution >= 4 is 11.8 Å². The number of benzene rings is 1. The molecular formula is C15H18N2O3. The average Bonchev–Trinajstić information content (AvgIpc) is 2.44. The molecule has 0 aliphatic rings. The van der Waals surface area contributed by atoms with E-state index >= 15 is 0 Å². The molecule has 5 nitrogen and oxygen atoms in total. The Bertz CT molecular complexity index is 556. The van der Waals surface area contributed by atoms with Crippen LogP contribution in [0.1, 0.15) is 27.9 Å². The van der Waals surface area contributed by atoms with Gasteiger partial charge >= 0.3 is 0 Å². The first kappa shape index (κ1) is 15.7. The molecule has 2 amide bonds. The van der Waals surface area contributed by atoms with Gasteiger partial charge in [0, 0.05) is 24.6 Å². The van der Waals surface area contributed by atoms with Crippen molar-refractivity contribution < 1.29 is 14.7 Å². The second kappa shape index (κ2) is 7.97. The molecular weight excluding hydrogens is 256 g/mol. The SMILES string of the molecule is CNC(=O)CNC(=O)c1cc(C)cc(C#CCCO)c1. The fourth-order valence-corrected chi connectivity index (χ4v) is 1.56. The highest BCUT2D eigenvalue weighted by Gasteiger charge is 2.08. The Balaban J connectivity index is 2.82. The van der Waals surface area contributed by atoms with Gasteiger partial charge in [0.1, 0.15) is 0 Å². The van der Waals surface area contributed by atoms with E-state index in [2.05, 4.69) is 22.5 Å². The van der Waals surface area contributed by atoms with E-state index in [0.29, 0.717) is 17.5 Å². The summed E-state index contributed by atoms with van der Waals surface area (Å²) in [5.41, 5.74) is 2.08. The molecule has 0 heterocycles. The van der Waals surface area contributed by atoms with Gasteiger partial charge in [-0.05, 0) is 30.7 Å². The number of carbonyl (C=O) groups is 2. The summed E-state index contributed by atoms with van der Waals surface area (Å²) < 4.78 is 0. The molecule has 0 aliphatic heterocycles. The number of amides is 2. The van der Waals surface area contributed by atoms with E-state index in [-0.39, 0.29) is 25.0 Å². The van der Waals surface area contributed by atoms with Crippen molar-refractivity contribution in [3.63, 3.8) is 0 Å². The van der Waals surface area contributed by atoms with E-state index in [1.165, 1.54) is 7.05 Å². The maximum absolute atomic E-state index is 11.9. The third kappa shape index (κ3) is 5.12. The molecule has 0 spiro atoms. The third-order valence-electron chi connectivity index (χ3n) is 2.50. The van der Waals surface area contributed by atoms with Crippen molar-refractivity contribution in [3.8, 4) is 11.8 Å². The summed E-state index contributed by atoms with van der Waals surface area (Å²) in [6.07, 6.45) is 0.395. The van der Waals surface area contributed by atoms with Gasteiger partial charge in [-0.1, -0.05) is 11.8 Å². The van der Waals surface area contributed by atoms with Crippen LogP contribution in [0.5, 0.6) is 0 Å². The predicted octanol–water partition coefficient (Wildman–Crippen LogP) is 0.205. The fourth-order valence-electron chi connectivity index (χ4n) is 1.56. The van der Waals surface area contributed by atoms with Crippen LogP contribution in [0.3, 0.4) is 0 Å². The fraction of sp³-hybridized carbons (Fsp3) is 0.333. The maximum atomic E-state index is 11.9. The van der Waals surface area contributed by atoms with Crippen LogP contribution >= 0.6 is 0 Å². The normalized spacial score (nSPS) is 9.35. The van der Waals surface area contributed by atoms with Crippen molar-refractivity contribution in [1.82, 2.24) is 10.6 Å². The second-order valence-corrected chi connectivity index (χ2v) is 4.22. The van der Waals surface area contributed by atoms with Crippen LogP contribution in [0.4, 0.5) is 0 Å². The zero-order chi connectivity index (χ0) is 15.0. The summed E-state index contributed by atoms with van der Waals surface area (Å²) >= 11 is 0. The molecule has 0 aliphatic carbocycles. The second-order valence-electron chi connectivity index (χ2n) is 4.22. The molecule has 0 fully saturated rings. The van der Waals surface area contributed by atoms with Gasteiger partial charge in [0.15, 0.2) is 0 Å². The summed E-state index contributed by atoms with van der Waals surface area (Å²) in [6, 6.07) is 5.26. The number of aliphatic hydroxyl groups excluding tert-OH is 1. The summed E-state index contributed by atoms with van der Waals surface area (Å²) in [5.74, 6) is 5.12. The lowest BCUT2D eigenvalue weighted by Gasteiger charge is -2.06. The number of rotatable bonds is 4. The first-order valence-electron chi connectivity index (χ1n) is 6.27. The van der Waals surface area contributed by atoms with E-state index < -0.39 is 0 Å². The molecule has 106 valence electrons. The number of carbonyl (C=O) groups excluding carboxylic acids is 2. The molecule has 0 aromatic heterocycles. The monoisotopic (exact) mass is 274 g/mol. The molecule has 0 unspecified atom stereocenters. The minimum absolute atomic E-state index is 0.0122. The van der Waals surface area contributed by atoms with Gasteiger partial charge in [-0.15, -0.1) is 0 Å². The van der Waals surface area contributed by atoms with Crippen molar-refractivity contribution in [3.05, 3.63) is 34.9 Å². The Kier molecular flexibility index (Phi) is 6.27. The Morgan fingerprint density at radius 3 is 2.70 bits per heavy atom. The van der Waals surface area contributed by atoms with E-state index in [1.807, 2.05) is 13.0 Å². The Labute approximate surface area is 118 Å². The number of hydrogen-bond acceptors (Lipinski definition) is 3. The summed E-state index contributed by atoms with van der Waals surface area (Å²) in [6.45, 7) is 1.82. The van der Waals surface area contributed by atoms with Crippen molar-refractivity contribution in [1.29, 1.82) is 0 Å². The van der Waals surface area contributed by atoms with Gasteiger partial charge in [0.2, 0.25) is 5.91 Å². The van der Waals surface area contributed by atoms with E-state index in [4.69, 9.17) is 5.11 Å². The minimum Gasteiger partial charge on any atom is -0.395 e. The van der Waals surface area contributed by atoms with E-state index in [0.717, 1.165) is 5.56 Å². The molecule has 3 N–H and O–H groups in total. The molecule has 1 rings (SSSR count). The number of likely N-dealkylation sites (N-methyl/N-ethyl adjacent to an activating group) is 1. The lowest BCUT2D eigenvalue weighted by molar-refractivity contribution is -0.119. The standard InChI is InChI=1S/C15H18N2O3/c1-11-7-12(5-3-4-6-18)9-13(8-11)15(20)17-10-14(19)16-2/h7-9,18H,4,6,10H2,1-2H3,(H,16,19)(H,17,20). The van der Waals surface area contributed by atoms with Gasteiger partial charge in [0.25, 0.3) is 5.91 Å². The molecule has 0 saturated carbocycles. The molecule has 0 atom stereocenters. The van der Waals surface area contributed by atoms with E-state index in [9.17, 15) is 9.59 Å². The third-order valence-corrected chi connectivity index (χ3v) is 2.50. The smallest absolute Gasteiger partial charge is 0.251 e. The molecule has 1 aromatic carbocycles. The number of aliphatic hydroxyl groups is 1. The first-order valence-corrected chi connectivity index (χ1v) is 6.27. The highest BCUT2D eigenvalue weighted by Crippen LogP contribution is 2.09. The van der Waals surface area contributed by atoms with Crippen LogP contribution in [0.15, 0.2) is 18.2 Å². The van der Waals surface area contributed by atoms with Crippen LogP contribution < -0.4 is 10.6 Å². The van der Waals surface area contributed by atoms with Crippen LogP contribution in [0, 0.1) is 18.8 Å². The largest absolute Gasteiger partial charge is 0.395 e. The topological polar surface area (TPSA) is 78.4 Å². The van der Waals surface area contributed by atoms with Gasteiger partial charge in [0.05, 0.1) is 13.2 Å². The quantitative estimate of drug-likeness (QED) is 0.687. The Morgan fingerprint density at radius 2 is 2.05 bits per heavy atom. The van der Waals surface area contributed by atoms with Crippen LogP contribution in [-0.4, -0.2) is 37.1 Å². The predicted molar refractivity (Wildman–Crippen MR) is 76.2 cm³/mol. The minimum atomic E-state index is -0.317. The highest BCUT2D eigenvalue weighted by molar-refractivity contribution is 5.96. The van der Waals surface area contributed by atoms with Gasteiger partial charge in [-0.2, -0.15) is 0 Å². The molecule has 20 heavy (non-hydrogen) atoms. The molecule has 5 heteroatoms. The molecule has 1 aromatic rings. The van der Waals surface area contributed by atoms with Crippen LogP contribution in [-0.2, 0) is 4.79 Å². The summed E-state index contributed by atoms with van der Waals surface area (Å²) in [4.78, 5) is 23.0. The zero-order valence-corrected chi connectivity index (χ0v) is 11.6. The summed E-state index contributed by atoms with van der Waals surface area (Å²) in [5, 5.41) is 13.6. The van der Waals surface area contributed by atoms with Gasteiger partial charge in [-0.3, -0.25) is 9.59 Å². The van der Waals surface area contributed by atoms with E-state index in [1.54, 1.807) is 12.1 Å². The lowest BCUT2D eigenvalue weighted by Crippen LogP contribution is -2.35. The zero-order valence-electron chi connectivity index (χ0n) is 11.6. The highest BCUT2D eigenvalue weighted by atomic mass is 16.2. The number of nitrogens with one attached hydrogen (secondary N) is 2. The van der Waals surface area contributed by atoms with Gasteiger partial charge in [-0.25, -0.2) is 0 Å². The summed E-state index contributed by atoms with van der Waals surface area (Å²) in [7, 11) is 1.51. The average molecular weight is 274 g/mol. The van der Waals surface area contributed by atoms with Gasteiger partial charge < -0.3 is 15.7 Å². The lowest BCUT2D eigenvalue weighted by atomic mass is 10.1. The Morgan fingerprint density at radius 1 is 1.30 bits per heavy atom. The maximum Gasteiger partial charge on any atom is 0.251 e. The number of aryl methyl sites for hydroxylation is 1. The van der Waals surface area contributed by atoms with Crippen molar-refractivity contribution in [2.24, 2.45) is 0 Å². The molecule has 0 radical (unpaired) electrons. The van der Waals surface area contributed by atoms with Crippen LogP contribution in [0.2, 0.25) is 0 Å². The number of hydrogen-bond donors (Lipinski definition) is 3. The molecule has 0 bridgehead atoms. The molecule has 0 saturated heterocycles. The Hall–Kier alpha value is -2.32.